The average Bonchev–Trinajstić information content (AvgIpc) is 3.06. The van der Waals surface area contributed by atoms with Crippen molar-refractivity contribution in [2.24, 2.45) is 7.05 Å². The Bertz CT molecular complexity index is 840. The Morgan fingerprint density at radius 3 is 2.37 bits per heavy atom. The molecule has 8 heteroatoms. The summed E-state index contributed by atoms with van der Waals surface area (Å²) in [5.41, 5.74) is 0.938. The van der Waals surface area contributed by atoms with Crippen molar-refractivity contribution >= 4 is 15.9 Å². The molecule has 2 aromatic rings. The van der Waals surface area contributed by atoms with Crippen molar-refractivity contribution in [3.05, 3.63) is 48.0 Å². The van der Waals surface area contributed by atoms with E-state index in [1.807, 2.05) is 31.7 Å². The summed E-state index contributed by atoms with van der Waals surface area (Å²) in [5, 5.41) is 2.89. The van der Waals surface area contributed by atoms with Gasteiger partial charge in [0, 0.05) is 51.9 Å². The highest BCUT2D eigenvalue weighted by molar-refractivity contribution is 7.89. The van der Waals surface area contributed by atoms with Crippen LogP contribution in [0, 0.1) is 0 Å². The van der Waals surface area contributed by atoms with Gasteiger partial charge in [-0.1, -0.05) is 26.0 Å². The van der Waals surface area contributed by atoms with Crippen molar-refractivity contribution in [2.75, 3.05) is 19.6 Å². The Labute approximate surface area is 161 Å². The molecule has 1 amide bonds. The number of benzene rings is 1. The summed E-state index contributed by atoms with van der Waals surface area (Å²) in [6.07, 6.45) is 5.23. The van der Waals surface area contributed by atoms with Crippen LogP contribution in [0.25, 0.3) is 0 Å². The molecule has 0 aliphatic carbocycles. The lowest BCUT2D eigenvalue weighted by Gasteiger charge is -2.18. The van der Waals surface area contributed by atoms with Crippen LogP contribution in [0.1, 0.15) is 31.7 Å². The molecule has 27 heavy (non-hydrogen) atoms. The van der Waals surface area contributed by atoms with Gasteiger partial charge in [-0.3, -0.25) is 4.79 Å². The molecule has 0 aliphatic rings. The predicted octanol–water partition coefficient (Wildman–Crippen LogP) is 1.74. The number of aryl methyl sites for hydroxylation is 2. The lowest BCUT2D eigenvalue weighted by atomic mass is 10.1. The lowest BCUT2D eigenvalue weighted by molar-refractivity contribution is -0.121. The van der Waals surface area contributed by atoms with Gasteiger partial charge in [0.1, 0.15) is 5.82 Å². The molecule has 0 unspecified atom stereocenters. The van der Waals surface area contributed by atoms with Gasteiger partial charge in [-0.25, -0.2) is 13.4 Å². The van der Waals surface area contributed by atoms with Crippen LogP contribution in [-0.2, 0) is 34.7 Å². The first-order chi connectivity index (χ1) is 12.9. The molecule has 148 valence electrons. The van der Waals surface area contributed by atoms with E-state index in [0.29, 0.717) is 38.9 Å². The van der Waals surface area contributed by atoms with Crippen LogP contribution in [-0.4, -0.2) is 47.8 Å². The number of hydrogen-bond donors (Lipinski definition) is 1. The fraction of sp³-hybridized carbons (Fsp3) is 0.474. The van der Waals surface area contributed by atoms with E-state index >= 15 is 0 Å². The highest BCUT2D eigenvalue weighted by atomic mass is 32.2. The molecular weight excluding hydrogens is 364 g/mol. The van der Waals surface area contributed by atoms with Gasteiger partial charge in [0.25, 0.3) is 0 Å². The fourth-order valence-electron chi connectivity index (χ4n) is 2.84. The van der Waals surface area contributed by atoms with Gasteiger partial charge in [-0.15, -0.1) is 0 Å². The van der Waals surface area contributed by atoms with E-state index in [0.717, 1.165) is 11.4 Å². The largest absolute Gasteiger partial charge is 0.356 e. The number of amides is 1. The van der Waals surface area contributed by atoms with E-state index < -0.39 is 10.0 Å². The van der Waals surface area contributed by atoms with Crippen molar-refractivity contribution in [1.29, 1.82) is 0 Å². The van der Waals surface area contributed by atoms with Gasteiger partial charge < -0.3 is 9.88 Å². The zero-order valence-corrected chi connectivity index (χ0v) is 17.0. The monoisotopic (exact) mass is 392 g/mol. The maximum Gasteiger partial charge on any atom is 0.243 e. The van der Waals surface area contributed by atoms with E-state index in [2.05, 4.69) is 10.3 Å². The van der Waals surface area contributed by atoms with Crippen molar-refractivity contribution in [3.63, 3.8) is 0 Å². The highest BCUT2D eigenvalue weighted by Gasteiger charge is 2.21. The van der Waals surface area contributed by atoms with Crippen LogP contribution in [0.15, 0.2) is 41.6 Å². The minimum Gasteiger partial charge on any atom is -0.356 e. The SMILES string of the molecule is CCN(CC)S(=O)(=O)c1ccc(CCC(=O)NCCc2nccn2C)cc1. The quantitative estimate of drug-likeness (QED) is 0.667. The third-order valence-electron chi connectivity index (χ3n) is 4.50. The Balaban J connectivity index is 1.82. The fourth-order valence-corrected chi connectivity index (χ4v) is 4.30. The summed E-state index contributed by atoms with van der Waals surface area (Å²) in [4.78, 5) is 16.5. The maximum atomic E-state index is 12.5. The molecule has 1 heterocycles. The van der Waals surface area contributed by atoms with Gasteiger partial charge in [-0.05, 0) is 24.1 Å². The topological polar surface area (TPSA) is 84.3 Å². The molecule has 1 aromatic heterocycles. The van der Waals surface area contributed by atoms with Gasteiger partial charge in [0.15, 0.2) is 0 Å². The zero-order chi connectivity index (χ0) is 19.9. The Hall–Kier alpha value is -2.19. The third-order valence-corrected chi connectivity index (χ3v) is 6.56. The maximum absolute atomic E-state index is 12.5. The molecule has 0 saturated heterocycles. The van der Waals surface area contributed by atoms with Crippen LogP contribution < -0.4 is 5.32 Å². The summed E-state index contributed by atoms with van der Waals surface area (Å²) < 4.78 is 28.3. The molecule has 1 aromatic carbocycles. The summed E-state index contributed by atoms with van der Waals surface area (Å²) in [6.45, 7) is 5.08. The van der Waals surface area contributed by atoms with Crippen LogP contribution >= 0.6 is 0 Å². The van der Waals surface area contributed by atoms with E-state index in [-0.39, 0.29) is 10.8 Å². The van der Waals surface area contributed by atoms with Crippen LogP contribution in [0.4, 0.5) is 0 Å². The highest BCUT2D eigenvalue weighted by Crippen LogP contribution is 2.16. The molecule has 0 saturated carbocycles. The second-order valence-corrected chi connectivity index (χ2v) is 8.23. The number of nitrogens with zero attached hydrogens (tertiary/aromatic N) is 3. The molecule has 0 bridgehead atoms. The lowest BCUT2D eigenvalue weighted by Crippen LogP contribution is -2.30. The van der Waals surface area contributed by atoms with Crippen molar-refractivity contribution < 1.29 is 13.2 Å². The number of aromatic nitrogens is 2. The summed E-state index contributed by atoms with van der Waals surface area (Å²) in [7, 11) is -1.52. The molecule has 2 rings (SSSR count). The van der Waals surface area contributed by atoms with Crippen molar-refractivity contribution in [3.8, 4) is 0 Å². The molecule has 0 atom stereocenters. The Morgan fingerprint density at radius 2 is 1.81 bits per heavy atom. The number of sulfonamides is 1. The summed E-state index contributed by atoms with van der Waals surface area (Å²) >= 11 is 0. The molecular formula is C19H28N4O3S. The van der Waals surface area contributed by atoms with Crippen molar-refractivity contribution in [2.45, 2.75) is 38.0 Å². The number of carbonyl (C=O) groups excluding carboxylic acids is 1. The minimum absolute atomic E-state index is 0.0240. The molecule has 7 nitrogen and oxygen atoms in total. The minimum atomic E-state index is -3.44. The van der Waals surface area contributed by atoms with E-state index in [1.165, 1.54) is 4.31 Å². The second kappa shape index (κ2) is 9.66. The standard InChI is InChI=1S/C19H28N4O3S/c1-4-23(5-2)27(25,26)17-9-6-16(7-10-17)8-11-19(24)21-13-12-18-20-14-15-22(18)3/h6-7,9-10,14-15H,4-5,8,11-13H2,1-3H3,(H,21,24). The third kappa shape index (κ3) is 5.64. The smallest absolute Gasteiger partial charge is 0.243 e. The number of rotatable bonds is 10. The first-order valence-corrected chi connectivity index (χ1v) is 10.6. The number of nitrogens with one attached hydrogen (secondary N) is 1. The first-order valence-electron chi connectivity index (χ1n) is 9.20. The Kier molecular flexibility index (Phi) is 7.55. The van der Waals surface area contributed by atoms with Gasteiger partial charge in [-0.2, -0.15) is 4.31 Å². The first kappa shape index (κ1) is 21.1. The van der Waals surface area contributed by atoms with Crippen LogP contribution in [0.5, 0.6) is 0 Å². The average molecular weight is 393 g/mol. The zero-order valence-electron chi connectivity index (χ0n) is 16.2. The van der Waals surface area contributed by atoms with E-state index in [9.17, 15) is 13.2 Å². The molecule has 0 fully saturated rings. The Morgan fingerprint density at radius 1 is 1.15 bits per heavy atom. The summed E-state index contributed by atoms with van der Waals surface area (Å²) in [5.74, 6) is 0.907. The number of imidazole rings is 1. The van der Waals surface area contributed by atoms with Gasteiger partial charge in [0.05, 0.1) is 4.90 Å². The second-order valence-electron chi connectivity index (χ2n) is 6.29. The van der Waals surface area contributed by atoms with E-state index in [1.54, 1.807) is 30.5 Å². The number of hydrogen-bond acceptors (Lipinski definition) is 4. The molecule has 0 radical (unpaired) electrons. The van der Waals surface area contributed by atoms with Crippen molar-refractivity contribution in [1.82, 2.24) is 19.2 Å². The normalized spacial score (nSPS) is 11.7. The predicted molar refractivity (Wildman–Crippen MR) is 105 cm³/mol. The van der Waals surface area contributed by atoms with Gasteiger partial charge >= 0.3 is 0 Å². The van der Waals surface area contributed by atoms with Gasteiger partial charge in [0.2, 0.25) is 15.9 Å². The van der Waals surface area contributed by atoms with E-state index in [4.69, 9.17) is 0 Å². The molecule has 1 N–H and O–H groups in total. The molecule has 0 spiro atoms. The van der Waals surface area contributed by atoms with Crippen LogP contribution in [0.3, 0.4) is 0 Å². The number of carbonyl (C=O) groups is 1. The van der Waals surface area contributed by atoms with Crippen LogP contribution in [0.2, 0.25) is 0 Å². The molecule has 0 aliphatic heterocycles. The summed E-state index contributed by atoms with van der Waals surface area (Å²) in [6, 6.07) is 6.78.